The molecular weight excluding hydrogens is 340 g/mol. The van der Waals surface area contributed by atoms with E-state index in [9.17, 15) is 4.79 Å². The first-order chi connectivity index (χ1) is 13.1. The first kappa shape index (κ1) is 18.6. The minimum atomic E-state index is -0.104. The van der Waals surface area contributed by atoms with E-state index in [1.165, 1.54) is 0 Å². The molecule has 0 aliphatic carbocycles. The van der Waals surface area contributed by atoms with E-state index in [1.54, 1.807) is 19.5 Å². The molecular formula is C21H24N4O2. The molecule has 0 spiro atoms. The Morgan fingerprint density at radius 2 is 1.89 bits per heavy atom. The number of rotatable bonds is 7. The highest BCUT2D eigenvalue weighted by atomic mass is 16.5. The van der Waals surface area contributed by atoms with Crippen molar-refractivity contribution in [1.29, 1.82) is 0 Å². The molecule has 0 aliphatic heterocycles. The van der Waals surface area contributed by atoms with E-state index in [-0.39, 0.29) is 11.9 Å². The molecule has 0 radical (unpaired) electrons. The predicted molar refractivity (Wildman–Crippen MR) is 105 cm³/mol. The van der Waals surface area contributed by atoms with Crippen LogP contribution in [0.3, 0.4) is 0 Å². The molecule has 1 N–H and O–H groups in total. The Labute approximate surface area is 159 Å². The second-order valence-corrected chi connectivity index (χ2v) is 6.38. The Balaban J connectivity index is 1.73. The second-order valence-electron chi connectivity index (χ2n) is 6.38. The molecule has 0 aliphatic rings. The first-order valence-corrected chi connectivity index (χ1v) is 9.01. The molecule has 27 heavy (non-hydrogen) atoms. The minimum Gasteiger partial charge on any atom is -0.481 e. The van der Waals surface area contributed by atoms with Gasteiger partial charge in [-0.2, -0.15) is 0 Å². The Bertz CT molecular complexity index is 885. The Kier molecular flexibility index (Phi) is 5.86. The van der Waals surface area contributed by atoms with Crippen LogP contribution >= 0.6 is 0 Å². The highest BCUT2D eigenvalue weighted by molar-refractivity contribution is 5.94. The lowest BCUT2D eigenvalue weighted by Crippen LogP contribution is -2.30. The maximum Gasteiger partial charge on any atom is 0.251 e. The van der Waals surface area contributed by atoms with Crippen LogP contribution in [0.1, 0.15) is 42.0 Å². The number of nitrogens with zero attached hydrogens (tertiary/aromatic N) is 3. The van der Waals surface area contributed by atoms with Gasteiger partial charge in [0.1, 0.15) is 5.82 Å². The van der Waals surface area contributed by atoms with Crippen LogP contribution < -0.4 is 10.1 Å². The van der Waals surface area contributed by atoms with Crippen molar-refractivity contribution in [2.24, 2.45) is 7.05 Å². The van der Waals surface area contributed by atoms with E-state index >= 15 is 0 Å². The monoisotopic (exact) mass is 364 g/mol. The van der Waals surface area contributed by atoms with Gasteiger partial charge in [0, 0.05) is 42.8 Å². The average Bonchev–Trinajstić information content (AvgIpc) is 3.13. The molecule has 0 bridgehead atoms. The van der Waals surface area contributed by atoms with Crippen LogP contribution in [0.4, 0.5) is 0 Å². The number of imidazole rings is 1. The van der Waals surface area contributed by atoms with Gasteiger partial charge in [-0.1, -0.05) is 25.5 Å². The summed E-state index contributed by atoms with van der Waals surface area (Å²) >= 11 is 0. The van der Waals surface area contributed by atoms with Crippen molar-refractivity contribution >= 4 is 5.91 Å². The Hall–Kier alpha value is -3.15. The van der Waals surface area contributed by atoms with Gasteiger partial charge in [-0.25, -0.2) is 9.97 Å². The summed E-state index contributed by atoms with van der Waals surface area (Å²) in [6.45, 7) is 2.10. The van der Waals surface area contributed by atoms with Crippen molar-refractivity contribution in [3.8, 4) is 17.0 Å². The van der Waals surface area contributed by atoms with Crippen LogP contribution in [0.2, 0.25) is 0 Å². The van der Waals surface area contributed by atoms with Crippen LogP contribution in [0, 0.1) is 0 Å². The molecule has 3 rings (SSSR count). The van der Waals surface area contributed by atoms with E-state index in [1.807, 2.05) is 54.2 Å². The summed E-state index contributed by atoms with van der Waals surface area (Å²) in [7, 11) is 3.53. The number of hydrogen-bond donors (Lipinski definition) is 1. The molecule has 1 amide bonds. The lowest BCUT2D eigenvalue weighted by Gasteiger charge is -2.18. The molecule has 0 unspecified atom stereocenters. The number of carbonyl (C=O) groups is 1. The van der Waals surface area contributed by atoms with Gasteiger partial charge in [0.2, 0.25) is 5.88 Å². The van der Waals surface area contributed by atoms with Crippen molar-refractivity contribution < 1.29 is 9.53 Å². The molecule has 6 nitrogen and oxygen atoms in total. The molecule has 0 saturated heterocycles. The van der Waals surface area contributed by atoms with Gasteiger partial charge in [-0.05, 0) is 30.2 Å². The van der Waals surface area contributed by atoms with Gasteiger partial charge >= 0.3 is 0 Å². The maximum atomic E-state index is 12.7. The van der Waals surface area contributed by atoms with Gasteiger partial charge in [-0.15, -0.1) is 0 Å². The summed E-state index contributed by atoms with van der Waals surface area (Å²) in [4.78, 5) is 21.3. The zero-order valence-corrected chi connectivity index (χ0v) is 15.8. The average molecular weight is 364 g/mol. The summed E-state index contributed by atoms with van der Waals surface area (Å²) in [6, 6.07) is 11.2. The maximum absolute atomic E-state index is 12.7. The molecule has 2 heterocycles. The largest absolute Gasteiger partial charge is 0.481 e. The predicted octanol–water partition coefficient (Wildman–Crippen LogP) is 3.76. The van der Waals surface area contributed by atoms with Crippen LogP contribution in [-0.4, -0.2) is 27.6 Å². The SMILES string of the molecule is CCC[C@H](NC(=O)c1ccc(-c2ccc(OC)nc2)cc1)c1nccn1C. The molecule has 1 aromatic carbocycles. The van der Waals surface area contributed by atoms with Crippen LogP contribution in [0.5, 0.6) is 5.88 Å². The van der Waals surface area contributed by atoms with Gasteiger partial charge in [0.25, 0.3) is 5.91 Å². The van der Waals surface area contributed by atoms with Crippen molar-refractivity contribution in [1.82, 2.24) is 19.9 Å². The van der Waals surface area contributed by atoms with E-state index < -0.39 is 0 Å². The van der Waals surface area contributed by atoms with Crippen molar-refractivity contribution in [3.63, 3.8) is 0 Å². The standard InChI is InChI=1S/C21H24N4O2/c1-4-5-18(20-22-12-13-25(20)2)24-21(26)16-8-6-15(7-9-16)17-10-11-19(27-3)23-14-17/h6-14,18H,4-5H2,1-3H3,(H,24,26)/t18-/m0/s1. The summed E-state index contributed by atoms with van der Waals surface area (Å²) < 4.78 is 7.03. The number of nitrogens with one attached hydrogen (secondary N) is 1. The lowest BCUT2D eigenvalue weighted by molar-refractivity contribution is 0.0932. The summed E-state index contributed by atoms with van der Waals surface area (Å²) in [6.07, 6.45) is 7.20. The van der Waals surface area contributed by atoms with Crippen LogP contribution in [0.25, 0.3) is 11.1 Å². The number of hydrogen-bond acceptors (Lipinski definition) is 4. The second kappa shape index (κ2) is 8.49. The van der Waals surface area contributed by atoms with Crippen LogP contribution in [-0.2, 0) is 7.05 Å². The number of pyridine rings is 1. The fraction of sp³-hybridized carbons (Fsp3) is 0.286. The molecule has 140 valence electrons. The van der Waals surface area contributed by atoms with Crippen molar-refractivity contribution in [3.05, 3.63) is 66.4 Å². The summed E-state index contributed by atoms with van der Waals surface area (Å²) in [5.41, 5.74) is 2.59. The Morgan fingerprint density at radius 3 is 2.44 bits per heavy atom. The van der Waals surface area contributed by atoms with Crippen molar-refractivity contribution in [2.75, 3.05) is 7.11 Å². The van der Waals surface area contributed by atoms with Gasteiger partial charge < -0.3 is 14.6 Å². The zero-order chi connectivity index (χ0) is 19.2. The number of aryl methyl sites for hydroxylation is 1. The molecule has 6 heteroatoms. The number of amides is 1. The highest BCUT2D eigenvalue weighted by Crippen LogP contribution is 2.22. The number of carbonyl (C=O) groups excluding carboxylic acids is 1. The number of aromatic nitrogens is 3. The Morgan fingerprint density at radius 1 is 1.15 bits per heavy atom. The topological polar surface area (TPSA) is 69.0 Å². The number of ether oxygens (including phenoxy) is 1. The van der Waals surface area contributed by atoms with Gasteiger partial charge in [-0.3, -0.25) is 4.79 Å². The number of methoxy groups -OCH3 is 1. The molecule has 2 aromatic heterocycles. The molecule has 0 saturated carbocycles. The minimum absolute atomic E-state index is 0.101. The third-order valence-corrected chi connectivity index (χ3v) is 4.48. The fourth-order valence-electron chi connectivity index (χ4n) is 2.99. The number of benzene rings is 1. The normalized spacial score (nSPS) is 11.8. The highest BCUT2D eigenvalue weighted by Gasteiger charge is 2.18. The fourth-order valence-corrected chi connectivity index (χ4v) is 2.99. The molecule has 1 atom stereocenters. The van der Waals surface area contributed by atoms with E-state index in [4.69, 9.17) is 4.74 Å². The quantitative estimate of drug-likeness (QED) is 0.693. The van der Waals surface area contributed by atoms with E-state index in [2.05, 4.69) is 22.2 Å². The zero-order valence-electron chi connectivity index (χ0n) is 15.8. The van der Waals surface area contributed by atoms with Gasteiger partial charge in [0.15, 0.2) is 0 Å². The smallest absolute Gasteiger partial charge is 0.251 e. The van der Waals surface area contributed by atoms with Gasteiger partial charge in [0.05, 0.1) is 13.2 Å². The summed E-state index contributed by atoms with van der Waals surface area (Å²) in [5, 5.41) is 3.10. The molecule has 3 aromatic rings. The first-order valence-electron chi connectivity index (χ1n) is 9.01. The lowest BCUT2D eigenvalue weighted by atomic mass is 10.0. The van der Waals surface area contributed by atoms with E-state index in [0.29, 0.717) is 11.4 Å². The third kappa shape index (κ3) is 4.34. The molecule has 0 fully saturated rings. The summed E-state index contributed by atoms with van der Waals surface area (Å²) in [5.74, 6) is 1.34. The third-order valence-electron chi connectivity index (χ3n) is 4.48. The van der Waals surface area contributed by atoms with Crippen LogP contribution in [0.15, 0.2) is 55.0 Å². The van der Waals surface area contributed by atoms with Crippen molar-refractivity contribution in [2.45, 2.75) is 25.8 Å². The van der Waals surface area contributed by atoms with E-state index in [0.717, 1.165) is 29.8 Å².